The van der Waals surface area contributed by atoms with Gasteiger partial charge >= 0.3 is 6.03 Å². The maximum Gasteiger partial charge on any atom is 0.317 e. The van der Waals surface area contributed by atoms with Crippen LogP contribution in [0.1, 0.15) is 31.2 Å². The fourth-order valence-corrected chi connectivity index (χ4v) is 3.15. The van der Waals surface area contributed by atoms with Crippen LogP contribution in [0.3, 0.4) is 0 Å². The summed E-state index contributed by atoms with van der Waals surface area (Å²) in [5.41, 5.74) is 1.13. The number of aryl methyl sites for hydroxylation is 1. The Morgan fingerprint density at radius 3 is 2.77 bits per heavy atom. The van der Waals surface area contributed by atoms with Gasteiger partial charge in [-0.25, -0.2) is 4.79 Å². The molecular formula is C17H24N2O3. The lowest BCUT2D eigenvalue weighted by atomic mass is 9.79. The van der Waals surface area contributed by atoms with Crippen molar-refractivity contribution in [3.8, 4) is 5.75 Å². The van der Waals surface area contributed by atoms with Crippen LogP contribution in [0.25, 0.3) is 0 Å². The van der Waals surface area contributed by atoms with Crippen LogP contribution < -0.4 is 5.32 Å². The Hall–Kier alpha value is -1.75. The highest BCUT2D eigenvalue weighted by Gasteiger charge is 2.43. The first-order chi connectivity index (χ1) is 10.7. The fraction of sp³-hybridized carbons (Fsp3) is 0.588. The van der Waals surface area contributed by atoms with Crippen molar-refractivity contribution in [2.45, 2.75) is 37.7 Å². The molecule has 0 unspecified atom stereocenters. The van der Waals surface area contributed by atoms with Gasteiger partial charge in [-0.15, -0.1) is 0 Å². The van der Waals surface area contributed by atoms with Gasteiger partial charge in [0.25, 0.3) is 0 Å². The van der Waals surface area contributed by atoms with Crippen LogP contribution in [0.15, 0.2) is 24.3 Å². The van der Waals surface area contributed by atoms with Gasteiger partial charge in [0.05, 0.1) is 18.8 Å². The molecule has 5 nitrogen and oxygen atoms in total. The number of amides is 2. The Bertz CT molecular complexity index is 511. The Labute approximate surface area is 131 Å². The number of hydrogen-bond acceptors (Lipinski definition) is 3. The molecule has 1 aromatic rings. The summed E-state index contributed by atoms with van der Waals surface area (Å²) < 4.78 is 5.83. The highest BCUT2D eigenvalue weighted by atomic mass is 16.5. The molecule has 1 aliphatic carbocycles. The lowest BCUT2D eigenvalue weighted by Crippen LogP contribution is -2.58. The van der Waals surface area contributed by atoms with E-state index in [-0.39, 0.29) is 17.4 Å². The van der Waals surface area contributed by atoms with Gasteiger partial charge in [0.2, 0.25) is 0 Å². The molecule has 0 bridgehead atoms. The summed E-state index contributed by atoms with van der Waals surface area (Å²) in [4.78, 5) is 14.1. The van der Waals surface area contributed by atoms with E-state index in [4.69, 9.17) is 4.74 Å². The first-order valence-electron chi connectivity index (χ1n) is 8.12. The number of nitrogens with one attached hydrogen (secondary N) is 1. The van der Waals surface area contributed by atoms with E-state index in [1.165, 1.54) is 12.0 Å². The van der Waals surface area contributed by atoms with E-state index < -0.39 is 0 Å². The van der Waals surface area contributed by atoms with Gasteiger partial charge in [-0.2, -0.15) is 0 Å². The minimum Gasteiger partial charge on any atom is -0.508 e. The summed E-state index contributed by atoms with van der Waals surface area (Å²) in [7, 11) is 0. The highest BCUT2D eigenvalue weighted by Crippen LogP contribution is 2.38. The molecule has 0 atom stereocenters. The number of phenolic OH excluding ortho intramolecular Hbond substituents is 1. The van der Waals surface area contributed by atoms with Crippen LogP contribution in [0.5, 0.6) is 5.75 Å². The summed E-state index contributed by atoms with van der Waals surface area (Å²) in [6.45, 7) is 2.74. The van der Waals surface area contributed by atoms with Crippen molar-refractivity contribution >= 4 is 6.03 Å². The second-order valence-corrected chi connectivity index (χ2v) is 6.31. The van der Waals surface area contributed by atoms with Crippen LogP contribution in [0.4, 0.5) is 4.79 Å². The summed E-state index contributed by atoms with van der Waals surface area (Å²) >= 11 is 0. The number of ether oxygens (including phenoxy) is 1. The zero-order chi connectivity index (χ0) is 15.4. The van der Waals surface area contributed by atoms with Gasteiger partial charge < -0.3 is 20.1 Å². The average Bonchev–Trinajstić information content (AvgIpc) is 2.51. The minimum absolute atomic E-state index is 0.0280. The van der Waals surface area contributed by atoms with Crippen molar-refractivity contribution in [1.82, 2.24) is 10.2 Å². The van der Waals surface area contributed by atoms with Gasteiger partial charge in [-0.1, -0.05) is 12.1 Å². The molecule has 22 heavy (non-hydrogen) atoms. The van der Waals surface area contributed by atoms with Crippen molar-refractivity contribution in [2.24, 2.45) is 0 Å². The van der Waals surface area contributed by atoms with E-state index >= 15 is 0 Å². The Morgan fingerprint density at radius 1 is 1.32 bits per heavy atom. The average molecular weight is 304 g/mol. The van der Waals surface area contributed by atoms with E-state index in [1.54, 1.807) is 12.1 Å². The lowest BCUT2D eigenvalue weighted by Gasteiger charge is -2.48. The second-order valence-electron chi connectivity index (χ2n) is 6.31. The Balaban J connectivity index is 1.38. The van der Waals surface area contributed by atoms with E-state index in [0.29, 0.717) is 19.7 Å². The number of benzene rings is 1. The van der Waals surface area contributed by atoms with Crippen molar-refractivity contribution in [1.29, 1.82) is 0 Å². The van der Waals surface area contributed by atoms with Crippen molar-refractivity contribution in [3.05, 3.63) is 29.8 Å². The molecule has 1 aliphatic heterocycles. The highest BCUT2D eigenvalue weighted by molar-refractivity contribution is 5.74. The molecule has 120 valence electrons. The summed E-state index contributed by atoms with van der Waals surface area (Å²) in [6.07, 6.45) is 5.16. The molecule has 2 N–H and O–H groups in total. The number of aromatic hydroxyl groups is 1. The third-order valence-electron chi connectivity index (χ3n) is 4.66. The van der Waals surface area contributed by atoms with Crippen LogP contribution in [0, 0.1) is 0 Å². The zero-order valence-electron chi connectivity index (χ0n) is 12.9. The maximum atomic E-state index is 12.2. The first-order valence-corrected chi connectivity index (χ1v) is 8.12. The number of morpholine rings is 1. The fourth-order valence-electron chi connectivity index (χ4n) is 3.15. The first kappa shape index (κ1) is 15.2. The standard InChI is InChI=1S/C17H24N2O3/c20-15-6-4-14(5-7-15)3-1-10-18-16(21)19-11-12-22-17(13-19)8-2-9-17/h4-7,20H,1-3,8-13H2,(H,18,21). The van der Waals surface area contributed by atoms with E-state index in [9.17, 15) is 9.90 Å². The SMILES string of the molecule is O=C(NCCCc1ccc(O)cc1)N1CCOC2(CCC2)C1. The summed E-state index contributed by atoms with van der Waals surface area (Å²) in [5, 5.41) is 12.2. The zero-order valence-corrected chi connectivity index (χ0v) is 12.9. The molecule has 2 amide bonds. The number of carbonyl (C=O) groups is 1. The van der Waals surface area contributed by atoms with Gasteiger partial charge in [0, 0.05) is 13.1 Å². The largest absolute Gasteiger partial charge is 0.508 e. The van der Waals surface area contributed by atoms with E-state index in [2.05, 4.69) is 5.32 Å². The maximum absolute atomic E-state index is 12.2. The van der Waals surface area contributed by atoms with E-state index in [0.717, 1.165) is 32.2 Å². The monoisotopic (exact) mass is 304 g/mol. The molecular weight excluding hydrogens is 280 g/mol. The predicted molar refractivity (Wildman–Crippen MR) is 83.9 cm³/mol. The Kier molecular flexibility index (Phi) is 4.52. The van der Waals surface area contributed by atoms with Gasteiger partial charge in [-0.05, 0) is 49.8 Å². The van der Waals surface area contributed by atoms with E-state index in [1.807, 2.05) is 17.0 Å². The van der Waals surface area contributed by atoms with Crippen molar-refractivity contribution in [3.63, 3.8) is 0 Å². The van der Waals surface area contributed by atoms with Gasteiger partial charge in [0.1, 0.15) is 5.75 Å². The third kappa shape index (κ3) is 3.53. The predicted octanol–water partition coefficient (Wildman–Crippen LogP) is 2.29. The Morgan fingerprint density at radius 2 is 2.09 bits per heavy atom. The topological polar surface area (TPSA) is 61.8 Å². The number of carbonyl (C=O) groups excluding carboxylic acids is 1. The smallest absolute Gasteiger partial charge is 0.317 e. The van der Waals surface area contributed by atoms with Gasteiger partial charge in [-0.3, -0.25) is 0 Å². The number of hydrogen-bond donors (Lipinski definition) is 2. The molecule has 1 saturated heterocycles. The summed E-state index contributed by atoms with van der Waals surface area (Å²) in [6, 6.07) is 7.25. The molecule has 0 radical (unpaired) electrons. The van der Waals surface area contributed by atoms with Crippen LogP contribution in [-0.4, -0.2) is 47.9 Å². The van der Waals surface area contributed by atoms with Crippen LogP contribution >= 0.6 is 0 Å². The molecule has 1 spiro atoms. The number of urea groups is 1. The summed E-state index contributed by atoms with van der Waals surface area (Å²) in [5.74, 6) is 0.286. The molecule has 5 heteroatoms. The third-order valence-corrected chi connectivity index (χ3v) is 4.66. The molecule has 1 aromatic carbocycles. The van der Waals surface area contributed by atoms with Crippen LogP contribution in [-0.2, 0) is 11.2 Å². The number of rotatable bonds is 4. The molecule has 0 aromatic heterocycles. The quantitative estimate of drug-likeness (QED) is 0.839. The second kappa shape index (κ2) is 6.57. The lowest BCUT2D eigenvalue weighted by molar-refractivity contribution is -0.141. The van der Waals surface area contributed by atoms with Crippen molar-refractivity contribution in [2.75, 3.05) is 26.2 Å². The normalized spacial score (nSPS) is 19.7. The molecule has 1 saturated carbocycles. The molecule has 3 rings (SSSR count). The number of nitrogens with zero attached hydrogens (tertiary/aromatic N) is 1. The number of phenols is 1. The molecule has 2 fully saturated rings. The molecule has 1 heterocycles. The molecule has 2 aliphatic rings. The van der Waals surface area contributed by atoms with Gasteiger partial charge in [0.15, 0.2) is 0 Å². The minimum atomic E-state index is -0.0400. The van der Waals surface area contributed by atoms with Crippen LogP contribution in [0.2, 0.25) is 0 Å². The van der Waals surface area contributed by atoms with Crippen molar-refractivity contribution < 1.29 is 14.6 Å².